The van der Waals surface area contributed by atoms with Gasteiger partial charge in [-0.25, -0.2) is 4.79 Å². The Labute approximate surface area is 465 Å². The number of esters is 1. The van der Waals surface area contributed by atoms with Crippen molar-refractivity contribution in [2.45, 2.75) is 128 Å². The molecular formula is C58H69B2N3O15S. The van der Waals surface area contributed by atoms with Crippen LogP contribution >= 0.6 is 11.8 Å². The maximum absolute atomic E-state index is 14.3. The smallest absolute Gasteiger partial charge is 0.481 e. The highest BCUT2D eigenvalue weighted by Crippen LogP contribution is 2.67. The van der Waals surface area contributed by atoms with E-state index in [2.05, 4.69) is 52.2 Å². The van der Waals surface area contributed by atoms with Gasteiger partial charge in [0.2, 0.25) is 23.6 Å². The van der Waals surface area contributed by atoms with Crippen molar-refractivity contribution in [1.82, 2.24) is 10.2 Å². The van der Waals surface area contributed by atoms with E-state index in [1.807, 2.05) is 42.5 Å². The van der Waals surface area contributed by atoms with Gasteiger partial charge in [0.15, 0.2) is 5.60 Å². The number of carboxylic acids is 1. The molecule has 5 aliphatic heterocycles. The number of nitrogens with one attached hydrogen (secondary N) is 2. The number of nitrogens with zero attached hydrogens (tertiary/aromatic N) is 1. The van der Waals surface area contributed by atoms with Gasteiger partial charge in [0.25, 0.3) is 0 Å². The lowest BCUT2D eigenvalue weighted by Gasteiger charge is -2.64. The van der Waals surface area contributed by atoms with Gasteiger partial charge in [-0.1, -0.05) is 65.0 Å². The highest BCUT2D eigenvalue weighted by molar-refractivity contribution is 8.00. The fourth-order valence-corrected chi connectivity index (χ4v) is 15.8. The molecule has 79 heavy (non-hydrogen) atoms. The molecule has 5 heterocycles. The molecule has 3 saturated heterocycles. The average Bonchev–Trinajstić information content (AvgIpc) is 4.01. The number of likely N-dealkylation sites (tertiary alicyclic amines) is 1. The average molecular weight is 1100 g/mol. The van der Waals surface area contributed by atoms with Crippen LogP contribution in [0, 0.1) is 40.4 Å². The Hall–Kier alpha value is -5.28. The highest BCUT2D eigenvalue weighted by atomic mass is 32.2. The maximum Gasteiger partial charge on any atom is 0.494 e. The Balaban J connectivity index is 0.671. The fourth-order valence-electron chi connectivity index (χ4n) is 14.6. The number of carboxylic acid groups (broad SMARTS) is 1. The van der Waals surface area contributed by atoms with Crippen LogP contribution < -0.4 is 26.3 Å². The lowest BCUT2D eigenvalue weighted by molar-refractivity contribution is -0.199. The first kappa shape index (κ1) is 54.3. The van der Waals surface area contributed by atoms with E-state index in [0.717, 1.165) is 53.3 Å². The summed E-state index contributed by atoms with van der Waals surface area (Å²) in [6.45, 7) is 16.2. The second-order valence-corrected chi connectivity index (χ2v) is 26.1. The number of rotatable bonds is 19. The van der Waals surface area contributed by atoms with E-state index in [9.17, 15) is 28.8 Å². The number of benzene rings is 3. The summed E-state index contributed by atoms with van der Waals surface area (Å²) in [4.78, 5) is 77.1. The lowest BCUT2D eigenvalue weighted by Crippen LogP contribution is -2.65. The number of amides is 4. The number of thioether (sulfide) groups is 1. The molecule has 5 unspecified atom stereocenters. The molecule has 11 atom stereocenters. The summed E-state index contributed by atoms with van der Waals surface area (Å²) in [5.41, 5.74) is 2.42. The molecule has 0 radical (unpaired) electrons. The van der Waals surface area contributed by atoms with Crippen LogP contribution in [0.25, 0.3) is 0 Å². The maximum atomic E-state index is 14.3. The van der Waals surface area contributed by atoms with Crippen LogP contribution in [0.4, 0.5) is 5.69 Å². The number of imide groups is 1. The van der Waals surface area contributed by atoms with Gasteiger partial charge in [-0.3, -0.25) is 28.9 Å². The summed E-state index contributed by atoms with van der Waals surface area (Å²) < 4.78 is 52.0. The van der Waals surface area contributed by atoms with Crippen molar-refractivity contribution in [3.63, 3.8) is 0 Å². The standard InChI is InChI=1S/C58H69B2N3O15S/c1-31(52(68)69)30-79-44-28-49(66)63(51(44)67)17-14-47(64)61-16-19-72-21-20-71-18-15-48(65)62-36-10-13-38-37(27-36)53(70)74-58(38)39-11-8-34(59-75-46-24-32-23-45(55(32,4)5)57(46,7)78-59)25-42(39)73-43-26-35(9-12-40(43)58)60-76-50-41-22-33(54(41,2)3)29-56(50,6)77-60/h8-13,25-27,31-33,41,44-46,50H,14-24,28-30H2,1-7H3,(H,61,64)(H,62,65)(H,68,69)/t31?,32-,33+,41-,44?,45-,46?,50?,56-,57-,58?/m0/s1. The first-order valence-corrected chi connectivity index (χ1v) is 29.1. The minimum atomic E-state index is -1.39. The zero-order valence-electron chi connectivity index (χ0n) is 45.9. The number of hydrogen-bond donors (Lipinski definition) is 3. The molecule has 4 bridgehead atoms. The van der Waals surface area contributed by atoms with Crippen LogP contribution in [-0.4, -0.2) is 134 Å². The van der Waals surface area contributed by atoms with E-state index in [4.69, 9.17) is 42.7 Å². The number of hydrogen-bond acceptors (Lipinski definition) is 15. The SMILES string of the molecule is CC(CSC1CC(=O)N(CCC(=O)NCCOCCOCCC(=O)Nc2ccc3c(c2)C(=O)OC32c3ccc(B4OC5[C@@H]6C[C@H](C[C@]5(C)O4)C6(C)C)cc3Oc3cc(B4OC5C[C@@H]6C[C@@H](C6(C)C)[C@]5(C)O4)ccc32)C1=O)C(=O)O. The highest BCUT2D eigenvalue weighted by Gasteiger charge is 2.69. The van der Waals surface area contributed by atoms with Crippen molar-refractivity contribution in [2.24, 2.45) is 40.4 Å². The Morgan fingerprint density at radius 3 is 2.19 bits per heavy atom. The molecular weight excluding hydrogens is 1030 g/mol. The number of anilines is 1. The zero-order chi connectivity index (χ0) is 55.6. The van der Waals surface area contributed by atoms with E-state index < -0.39 is 60.1 Å². The third kappa shape index (κ3) is 9.12. The van der Waals surface area contributed by atoms with Gasteiger partial charge in [-0.05, 0) is 109 Å². The van der Waals surface area contributed by atoms with E-state index in [0.29, 0.717) is 63.1 Å². The summed E-state index contributed by atoms with van der Waals surface area (Å²) >= 11 is 1.14. The van der Waals surface area contributed by atoms with Crippen LogP contribution in [0.1, 0.15) is 120 Å². The third-order valence-electron chi connectivity index (χ3n) is 19.6. The van der Waals surface area contributed by atoms with E-state index in [1.54, 1.807) is 19.1 Å². The quantitative estimate of drug-likeness (QED) is 0.0577. The van der Waals surface area contributed by atoms with E-state index in [1.165, 1.54) is 0 Å². The second-order valence-electron chi connectivity index (χ2n) is 24.9. The van der Waals surface area contributed by atoms with Gasteiger partial charge >= 0.3 is 26.2 Å². The van der Waals surface area contributed by atoms with Crippen LogP contribution in [0.15, 0.2) is 54.6 Å². The molecule has 1 spiro atoms. The largest absolute Gasteiger partial charge is 0.494 e. The van der Waals surface area contributed by atoms with Crippen LogP contribution in [0.3, 0.4) is 0 Å². The molecule has 9 fully saturated rings. The molecule has 6 saturated carbocycles. The lowest BCUT2D eigenvalue weighted by atomic mass is 9.43. The van der Waals surface area contributed by atoms with Gasteiger partial charge in [-0.15, -0.1) is 11.8 Å². The van der Waals surface area contributed by atoms with E-state index in [-0.39, 0.29) is 105 Å². The summed E-state index contributed by atoms with van der Waals surface area (Å²) in [7, 11) is -1.21. The number of carbonyl (C=O) groups is 6. The van der Waals surface area contributed by atoms with Crippen molar-refractivity contribution in [3.8, 4) is 11.5 Å². The molecule has 418 valence electrons. The van der Waals surface area contributed by atoms with Crippen LogP contribution in [-0.2, 0) is 62.4 Å². The minimum Gasteiger partial charge on any atom is -0.481 e. The molecule has 6 aliphatic carbocycles. The molecule has 18 nitrogen and oxygen atoms in total. The van der Waals surface area contributed by atoms with Gasteiger partial charge in [0, 0.05) is 54.1 Å². The Bertz CT molecular complexity index is 2980. The van der Waals surface area contributed by atoms with Gasteiger partial charge in [0.05, 0.1) is 73.0 Å². The number of carbonyl (C=O) groups excluding carboxylic acids is 5. The molecule has 4 amide bonds. The number of ether oxygens (including phenoxy) is 4. The molecule has 3 aromatic carbocycles. The van der Waals surface area contributed by atoms with Gasteiger partial charge < -0.3 is 53.3 Å². The second kappa shape index (κ2) is 20.0. The zero-order valence-corrected chi connectivity index (χ0v) is 46.7. The minimum absolute atomic E-state index is 0.0153. The Morgan fingerprint density at radius 2 is 1.49 bits per heavy atom. The number of aliphatic carboxylic acids is 1. The Morgan fingerprint density at radius 1 is 0.797 bits per heavy atom. The van der Waals surface area contributed by atoms with E-state index >= 15 is 0 Å². The summed E-state index contributed by atoms with van der Waals surface area (Å²) in [5.74, 6) is -0.408. The van der Waals surface area contributed by atoms with Gasteiger partial charge in [0.1, 0.15) is 11.5 Å². The van der Waals surface area contributed by atoms with Crippen LogP contribution in [0.5, 0.6) is 11.5 Å². The molecule has 14 rings (SSSR count). The first-order chi connectivity index (χ1) is 37.6. The molecule has 21 heteroatoms. The van der Waals surface area contributed by atoms with Crippen molar-refractivity contribution in [1.29, 1.82) is 0 Å². The predicted molar refractivity (Wildman–Crippen MR) is 291 cm³/mol. The summed E-state index contributed by atoms with van der Waals surface area (Å²) in [6, 6.07) is 17.0. The predicted octanol–water partition coefficient (Wildman–Crippen LogP) is 5.57. The monoisotopic (exact) mass is 1100 g/mol. The van der Waals surface area contributed by atoms with Crippen LogP contribution in [0.2, 0.25) is 0 Å². The topological polar surface area (TPSA) is 224 Å². The molecule has 3 N–H and O–H groups in total. The van der Waals surface area contributed by atoms with Crippen molar-refractivity contribution in [3.05, 3.63) is 76.9 Å². The molecule has 11 aliphatic rings. The van der Waals surface area contributed by atoms with Crippen molar-refractivity contribution < 1.29 is 71.4 Å². The van der Waals surface area contributed by atoms with Crippen molar-refractivity contribution in [2.75, 3.05) is 50.6 Å². The number of fused-ring (bicyclic) bond motifs is 6. The summed E-state index contributed by atoms with van der Waals surface area (Å²) in [6.07, 6.45) is 4.08. The molecule has 0 aromatic heterocycles. The summed E-state index contributed by atoms with van der Waals surface area (Å²) in [5, 5.41) is 14.1. The first-order valence-electron chi connectivity index (χ1n) is 28.0. The molecule has 3 aromatic rings. The fraction of sp³-hybridized carbons (Fsp3) is 0.586. The normalized spacial score (nSPS) is 32.0. The third-order valence-corrected chi connectivity index (χ3v) is 21.1. The van der Waals surface area contributed by atoms with Gasteiger partial charge in [-0.2, -0.15) is 0 Å². The Kier molecular flexibility index (Phi) is 13.8. The van der Waals surface area contributed by atoms with Crippen molar-refractivity contribution >= 4 is 78.2 Å².